The molecular formula is C22H22FN3O5. The van der Waals surface area contributed by atoms with Crippen LogP contribution < -0.4 is 15.0 Å². The molecule has 0 saturated carbocycles. The second-order valence-corrected chi connectivity index (χ2v) is 7.63. The van der Waals surface area contributed by atoms with Gasteiger partial charge in [-0.25, -0.2) is 4.39 Å². The molecule has 2 aliphatic rings. The highest BCUT2D eigenvalue weighted by Gasteiger charge is 2.39. The molecule has 0 spiro atoms. The Morgan fingerprint density at radius 2 is 2.03 bits per heavy atom. The zero-order chi connectivity index (χ0) is 22.1. The van der Waals surface area contributed by atoms with Gasteiger partial charge in [-0.2, -0.15) is 0 Å². The lowest BCUT2D eigenvalue weighted by molar-refractivity contribution is -0.136. The van der Waals surface area contributed by atoms with Gasteiger partial charge < -0.3 is 25.0 Å². The Morgan fingerprint density at radius 1 is 1.26 bits per heavy atom. The van der Waals surface area contributed by atoms with Gasteiger partial charge in [-0.15, -0.1) is 0 Å². The second kappa shape index (κ2) is 8.35. The van der Waals surface area contributed by atoms with Crippen molar-refractivity contribution in [1.29, 1.82) is 0 Å². The molecule has 0 bridgehead atoms. The van der Waals surface area contributed by atoms with Crippen molar-refractivity contribution in [2.24, 2.45) is 0 Å². The van der Waals surface area contributed by atoms with E-state index in [4.69, 9.17) is 4.74 Å². The van der Waals surface area contributed by atoms with Gasteiger partial charge in [-0.3, -0.25) is 14.4 Å². The van der Waals surface area contributed by atoms with E-state index in [1.54, 1.807) is 31.3 Å². The van der Waals surface area contributed by atoms with Crippen LogP contribution in [0.1, 0.15) is 12.0 Å². The van der Waals surface area contributed by atoms with Gasteiger partial charge in [0.2, 0.25) is 11.8 Å². The molecule has 1 saturated heterocycles. The number of benzene rings is 2. The number of nitrogens with zero attached hydrogens (tertiary/aromatic N) is 2. The Balaban J connectivity index is 1.49. The first-order valence-corrected chi connectivity index (χ1v) is 9.88. The van der Waals surface area contributed by atoms with Crippen molar-refractivity contribution in [2.45, 2.75) is 25.0 Å². The van der Waals surface area contributed by atoms with Gasteiger partial charge in [0, 0.05) is 25.7 Å². The molecule has 1 fully saturated rings. The van der Waals surface area contributed by atoms with Gasteiger partial charge in [-0.1, -0.05) is 18.2 Å². The molecule has 2 unspecified atom stereocenters. The molecule has 2 aliphatic heterocycles. The van der Waals surface area contributed by atoms with Crippen LogP contribution in [0.25, 0.3) is 0 Å². The minimum absolute atomic E-state index is 0.000635. The number of rotatable bonds is 4. The number of anilines is 2. The highest BCUT2D eigenvalue weighted by atomic mass is 19.1. The van der Waals surface area contributed by atoms with E-state index in [2.05, 4.69) is 5.32 Å². The van der Waals surface area contributed by atoms with Crippen molar-refractivity contribution in [2.75, 3.05) is 30.4 Å². The Morgan fingerprint density at radius 3 is 2.81 bits per heavy atom. The predicted molar refractivity (Wildman–Crippen MR) is 110 cm³/mol. The number of hydrogen-bond acceptors (Lipinski definition) is 5. The van der Waals surface area contributed by atoms with Crippen LogP contribution in [-0.2, 0) is 20.8 Å². The number of amides is 3. The average Bonchev–Trinajstić information content (AvgIpc) is 3.15. The molecule has 2 atom stereocenters. The van der Waals surface area contributed by atoms with Crippen LogP contribution >= 0.6 is 0 Å². The maximum Gasteiger partial charge on any atom is 0.264 e. The lowest BCUT2D eigenvalue weighted by atomic mass is 10.1. The summed E-state index contributed by atoms with van der Waals surface area (Å²) < 4.78 is 19.3. The number of ether oxygens (including phenoxy) is 1. The number of likely N-dealkylation sites (tertiary alicyclic amines) is 1. The highest BCUT2D eigenvalue weighted by Crippen LogP contribution is 2.34. The zero-order valence-electron chi connectivity index (χ0n) is 16.9. The summed E-state index contributed by atoms with van der Waals surface area (Å²) in [6, 6.07) is 9.97. The zero-order valence-corrected chi connectivity index (χ0v) is 16.9. The van der Waals surface area contributed by atoms with Crippen LogP contribution in [-0.4, -0.2) is 60.1 Å². The SMILES string of the molecule is CN1C(=O)COc2ccc(NC(=O)C3CC(O)CN3C(=O)Cc3ccccc3F)cc21. The quantitative estimate of drug-likeness (QED) is 0.767. The first-order chi connectivity index (χ1) is 14.8. The maximum atomic E-state index is 13.9. The van der Waals surface area contributed by atoms with Crippen LogP contribution in [0.3, 0.4) is 0 Å². The number of fused-ring (bicyclic) bond motifs is 1. The standard InChI is InChI=1S/C22H22FN3O5/c1-25-17-9-14(6-7-19(17)31-12-21(25)29)24-22(30)18-10-15(27)11-26(18)20(28)8-13-4-2-3-5-16(13)23/h2-7,9,15,18,27H,8,10-12H2,1H3,(H,24,30). The summed E-state index contributed by atoms with van der Waals surface area (Å²) in [5.74, 6) is -1.08. The van der Waals surface area contributed by atoms with Gasteiger partial charge in [0.1, 0.15) is 17.6 Å². The van der Waals surface area contributed by atoms with Gasteiger partial charge in [0.25, 0.3) is 5.91 Å². The minimum atomic E-state index is -0.888. The fraction of sp³-hybridized carbons (Fsp3) is 0.318. The van der Waals surface area contributed by atoms with E-state index < -0.39 is 29.8 Å². The second-order valence-electron chi connectivity index (χ2n) is 7.63. The Kier molecular flexibility index (Phi) is 5.60. The van der Waals surface area contributed by atoms with Gasteiger partial charge in [0.15, 0.2) is 6.61 Å². The van der Waals surface area contributed by atoms with Crippen LogP contribution in [0.2, 0.25) is 0 Å². The van der Waals surface area contributed by atoms with E-state index in [1.165, 1.54) is 28.0 Å². The number of hydrogen-bond donors (Lipinski definition) is 2. The predicted octanol–water partition coefficient (Wildman–Crippen LogP) is 1.32. The first-order valence-electron chi connectivity index (χ1n) is 9.88. The van der Waals surface area contributed by atoms with E-state index in [1.807, 2.05) is 0 Å². The number of aliphatic hydroxyl groups excluding tert-OH is 1. The molecule has 2 heterocycles. The van der Waals surface area contributed by atoms with E-state index in [0.717, 1.165) is 0 Å². The summed E-state index contributed by atoms with van der Waals surface area (Å²) in [6.07, 6.45) is -0.964. The minimum Gasteiger partial charge on any atom is -0.482 e. The van der Waals surface area contributed by atoms with E-state index in [9.17, 15) is 23.9 Å². The molecule has 9 heteroatoms. The van der Waals surface area contributed by atoms with E-state index in [0.29, 0.717) is 17.1 Å². The summed E-state index contributed by atoms with van der Waals surface area (Å²) in [7, 11) is 1.62. The van der Waals surface area contributed by atoms with Gasteiger partial charge in [0.05, 0.1) is 18.2 Å². The molecule has 4 rings (SSSR count). The number of β-amino-alcohol motifs (C(OH)–C–C–N with tert-alkyl or cyclic N) is 1. The van der Waals surface area contributed by atoms with Crippen molar-refractivity contribution in [3.63, 3.8) is 0 Å². The van der Waals surface area contributed by atoms with E-state index >= 15 is 0 Å². The average molecular weight is 427 g/mol. The van der Waals surface area contributed by atoms with Crippen molar-refractivity contribution in [3.05, 3.63) is 53.8 Å². The van der Waals surface area contributed by atoms with Crippen LogP contribution in [0.15, 0.2) is 42.5 Å². The fourth-order valence-corrected chi connectivity index (χ4v) is 3.82. The molecule has 2 aromatic carbocycles. The number of carbonyl (C=O) groups excluding carboxylic acids is 3. The topological polar surface area (TPSA) is 99.2 Å². The van der Waals surface area contributed by atoms with Crippen molar-refractivity contribution in [3.8, 4) is 5.75 Å². The first kappa shape index (κ1) is 20.8. The molecule has 3 amide bonds. The third-order valence-electron chi connectivity index (χ3n) is 5.51. The molecule has 2 aromatic rings. The summed E-state index contributed by atoms with van der Waals surface area (Å²) in [6.45, 7) is -0.0467. The Hall–Kier alpha value is -3.46. The molecule has 2 N–H and O–H groups in total. The van der Waals surface area contributed by atoms with Gasteiger partial charge >= 0.3 is 0 Å². The largest absolute Gasteiger partial charge is 0.482 e. The number of likely N-dealkylation sites (N-methyl/N-ethyl adjacent to an activating group) is 1. The highest BCUT2D eigenvalue weighted by molar-refractivity contribution is 6.01. The molecule has 0 aliphatic carbocycles. The Labute approximate surface area is 178 Å². The summed E-state index contributed by atoms with van der Waals surface area (Å²) in [5, 5.41) is 12.8. The van der Waals surface area contributed by atoms with Crippen molar-refractivity contribution < 1.29 is 28.6 Å². The lowest BCUT2D eigenvalue weighted by Crippen LogP contribution is -2.44. The molecule has 31 heavy (non-hydrogen) atoms. The number of halogens is 1. The summed E-state index contributed by atoms with van der Waals surface area (Å²) in [5.41, 5.74) is 1.18. The van der Waals surface area contributed by atoms with Crippen LogP contribution in [0, 0.1) is 5.82 Å². The number of nitrogens with one attached hydrogen (secondary N) is 1. The molecular weight excluding hydrogens is 405 g/mol. The summed E-state index contributed by atoms with van der Waals surface area (Å²) in [4.78, 5) is 40.2. The third kappa shape index (κ3) is 4.22. The summed E-state index contributed by atoms with van der Waals surface area (Å²) >= 11 is 0. The number of aliphatic hydroxyl groups is 1. The third-order valence-corrected chi connectivity index (χ3v) is 5.51. The normalized spacial score (nSPS) is 20.3. The monoisotopic (exact) mass is 427 g/mol. The number of carbonyl (C=O) groups is 3. The molecule has 162 valence electrons. The fourth-order valence-electron chi connectivity index (χ4n) is 3.82. The Bertz CT molecular complexity index is 1040. The van der Waals surface area contributed by atoms with Crippen LogP contribution in [0.5, 0.6) is 5.75 Å². The van der Waals surface area contributed by atoms with E-state index in [-0.39, 0.29) is 37.5 Å². The van der Waals surface area contributed by atoms with Crippen molar-refractivity contribution in [1.82, 2.24) is 4.90 Å². The van der Waals surface area contributed by atoms with Crippen LogP contribution in [0.4, 0.5) is 15.8 Å². The molecule has 0 aromatic heterocycles. The molecule has 0 radical (unpaired) electrons. The van der Waals surface area contributed by atoms with Crippen molar-refractivity contribution >= 4 is 29.1 Å². The smallest absolute Gasteiger partial charge is 0.264 e. The van der Waals surface area contributed by atoms with Gasteiger partial charge in [-0.05, 0) is 29.8 Å². The lowest BCUT2D eigenvalue weighted by Gasteiger charge is -2.27. The molecule has 8 nitrogen and oxygen atoms in total. The maximum absolute atomic E-state index is 13.9.